The number of hydrogen-bond donors (Lipinski definition) is 1. The van der Waals surface area contributed by atoms with Gasteiger partial charge in [-0.05, 0) is 0 Å². The first kappa shape index (κ1) is 91.7. The molecule has 0 aliphatic rings. The van der Waals surface area contributed by atoms with E-state index in [-0.39, 0.29) is 66.7 Å². The quantitative estimate of drug-likeness (QED) is 0.336. The summed E-state index contributed by atoms with van der Waals surface area (Å²) in [6.45, 7) is 0. The van der Waals surface area contributed by atoms with Gasteiger partial charge in [0.2, 0.25) is 0 Å². The summed E-state index contributed by atoms with van der Waals surface area (Å²) in [5, 5.41) is 13.6. The third-order valence-corrected chi connectivity index (χ3v) is 0. The van der Waals surface area contributed by atoms with Crippen molar-refractivity contribution in [1.29, 1.82) is 0 Å². The summed E-state index contributed by atoms with van der Waals surface area (Å²) in [5.41, 5.74) is 0. The molecule has 13 N–H and O–H groups in total. The van der Waals surface area contributed by atoms with E-state index < -0.39 is 5.09 Å². The molecule has 0 aromatic carbocycles. The van der Waals surface area contributed by atoms with Crippen LogP contribution in [0, 0.1) is 43.9 Å². The molecule has 0 unspecified atom stereocenters. The Kier molecular flexibility index (Phi) is 950. The molecule has 0 spiro atoms. The van der Waals surface area contributed by atoms with E-state index in [1.165, 1.54) is 0 Å². The molecule has 0 aliphatic carbocycles. The van der Waals surface area contributed by atoms with Gasteiger partial charge in [0.1, 0.15) is 0 Å². The Bertz CT molecular complexity index is 41.1. The molecule has 0 radical (unpaired) electrons. The van der Waals surface area contributed by atoms with Gasteiger partial charge in [0, 0.05) is 0 Å². The van der Waals surface area contributed by atoms with Crippen molar-refractivity contribution in [2.75, 3.05) is 0 Å². The van der Waals surface area contributed by atoms with Gasteiger partial charge in [-0.2, -0.15) is 0 Å². The Hall–Kier alpha value is -0.0452. The van der Waals surface area contributed by atoms with Crippen LogP contribution in [0.25, 0.3) is 0 Å². The van der Waals surface area contributed by atoms with Gasteiger partial charge in [0.25, 0.3) is 5.09 Å². The van der Waals surface area contributed by atoms with Crippen LogP contribution in [0.3, 0.4) is 0 Å². The molecule has 0 fully saturated rings. The molecule has 0 aromatic heterocycles. The SMILES string of the molecule is O.O.O.O.O.O.O=[N+]([O-])O.[O]=[La]. The van der Waals surface area contributed by atoms with Gasteiger partial charge in [-0.15, -0.1) is 10.1 Å². The van der Waals surface area contributed by atoms with E-state index in [0.29, 0.717) is 0 Å². The molecule has 0 saturated heterocycles. The molecule has 81 valence electrons. The van der Waals surface area contributed by atoms with E-state index in [0.717, 1.165) is 0 Å². The summed E-state index contributed by atoms with van der Waals surface area (Å²) in [6, 6.07) is 0. The van der Waals surface area contributed by atoms with Crippen LogP contribution in [0.15, 0.2) is 0 Å². The van der Waals surface area contributed by atoms with E-state index in [1.54, 1.807) is 0 Å². The fraction of sp³-hybridized carbons (Fsp3) is 0. The van der Waals surface area contributed by atoms with E-state index in [9.17, 15) is 0 Å². The Morgan fingerprint density at radius 3 is 0.917 bits per heavy atom. The molecule has 0 atom stereocenters. The zero-order chi connectivity index (χ0) is 5.58. The van der Waals surface area contributed by atoms with Crippen LogP contribution in [-0.2, 0) is 1.70 Å². The molecule has 0 amide bonds. The average molecular weight is 326 g/mol. The second-order valence-electron chi connectivity index (χ2n) is 0.238. The maximum absolute atomic E-state index is 8.42. The molecule has 0 aliphatic heterocycles. The minimum atomic E-state index is -1.50. The van der Waals surface area contributed by atoms with Gasteiger partial charge < -0.3 is 38.1 Å². The molecular formula is H13LaNO10. The first-order chi connectivity index (χ1) is 2.73. The molecule has 0 heterocycles. The Morgan fingerprint density at radius 1 is 0.917 bits per heavy atom. The van der Waals surface area contributed by atoms with Crippen LogP contribution in [0.2, 0.25) is 0 Å². The van der Waals surface area contributed by atoms with Crippen molar-refractivity contribution in [3.8, 4) is 0 Å². The van der Waals surface area contributed by atoms with Crippen LogP contribution < -0.4 is 0 Å². The van der Waals surface area contributed by atoms with E-state index >= 15 is 0 Å². The van der Waals surface area contributed by atoms with Crippen LogP contribution >= 0.6 is 0 Å². The molecule has 0 bridgehead atoms. The Balaban J connectivity index is -0.00000000317. The standard InChI is InChI=1S/La.HNO3.6H2O.O/c;2-1(3)4;;;;;;;/h;(H,2,3,4);6*1H2;. The Morgan fingerprint density at radius 2 is 0.917 bits per heavy atom. The molecule has 12 heavy (non-hydrogen) atoms. The third kappa shape index (κ3) is 391000. The van der Waals surface area contributed by atoms with E-state index in [4.69, 9.17) is 17.0 Å². The first-order valence-electron chi connectivity index (χ1n) is 0.801. The van der Waals surface area contributed by atoms with Crippen LogP contribution in [-0.4, -0.2) is 43.2 Å². The zero-order valence-corrected chi connectivity index (χ0v) is 9.32. The average Bonchev–Trinajstić information content (AvgIpc) is 1.41. The Labute approximate surface area is 88.7 Å². The summed E-state index contributed by atoms with van der Waals surface area (Å²) < 4.78 is 8.42. The van der Waals surface area contributed by atoms with Gasteiger partial charge >= 0.3 is 35.5 Å². The summed E-state index contributed by atoms with van der Waals surface area (Å²) in [7, 11) is 0. The fourth-order valence-corrected chi connectivity index (χ4v) is 0. The monoisotopic (exact) mass is 326 g/mol. The molecule has 12 heteroatoms. The van der Waals surface area contributed by atoms with Crippen molar-refractivity contribution in [3.63, 3.8) is 0 Å². The van der Waals surface area contributed by atoms with Gasteiger partial charge in [0.05, 0.1) is 0 Å². The number of rotatable bonds is 0. The van der Waals surface area contributed by atoms with Crippen molar-refractivity contribution in [1.82, 2.24) is 0 Å². The predicted octanol–water partition coefficient (Wildman–Crippen LogP) is -5.41. The van der Waals surface area contributed by atoms with Crippen LogP contribution in [0.4, 0.5) is 0 Å². The summed E-state index contributed by atoms with van der Waals surface area (Å²) in [5.74, 6) is 0. The number of hydrogen-bond acceptors (Lipinski definition) is 3. The van der Waals surface area contributed by atoms with Crippen molar-refractivity contribution >= 4 is 0 Å². The van der Waals surface area contributed by atoms with Gasteiger partial charge in [-0.25, -0.2) is 0 Å². The van der Waals surface area contributed by atoms with Gasteiger partial charge in [-0.1, -0.05) is 0 Å². The topological polar surface area (TPSA) is 269 Å². The summed E-state index contributed by atoms with van der Waals surface area (Å²) in [4.78, 5) is 8.36. The zero-order valence-electron chi connectivity index (χ0n) is 5.70. The predicted molar refractivity (Wildman–Crippen MR) is 31.2 cm³/mol. The minimum absolute atomic E-state index is 0. The fourth-order valence-electron chi connectivity index (χ4n) is 0. The molecule has 11 nitrogen and oxygen atoms in total. The van der Waals surface area contributed by atoms with Crippen molar-refractivity contribution in [2.24, 2.45) is 0 Å². The maximum atomic E-state index is 8.42. The summed E-state index contributed by atoms with van der Waals surface area (Å²) in [6.07, 6.45) is 0. The molecular weight excluding hydrogens is 313 g/mol. The third-order valence-electron chi connectivity index (χ3n) is 0. The van der Waals surface area contributed by atoms with Crippen LogP contribution in [0.5, 0.6) is 0 Å². The van der Waals surface area contributed by atoms with Crippen molar-refractivity contribution in [3.05, 3.63) is 10.1 Å². The second kappa shape index (κ2) is 124. The van der Waals surface area contributed by atoms with Crippen LogP contribution in [0.1, 0.15) is 0 Å². The van der Waals surface area contributed by atoms with Gasteiger partial charge in [-0.3, -0.25) is 0 Å². The van der Waals surface area contributed by atoms with Crippen molar-refractivity contribution in [2.45, 2.75) is 0 Å². The molecule has 0 saturated carbocycles. The van der Waals surface area contributed by atoms with E-state index in [1.807, 2.05) is 0 Å². The van der Waals surface area contributed by atoms with E-state index in [2.05, 4.69) is 0 Å². The molecule has 0 rings (SSSR count). The molecule has 0 aromatic rings. The normalized spacial score (nSPS) is 2.50. The number of nitrogens with zero attached hydrogens (tertiary/aromatic N) is 1. The van der Waals surface area contributed by atoms with Gasteiger partial charge in [0.15, 0.2) is 0 Å². The second-order valence-corrected chi connectivity index (χ2v) is 0.238. The van der Waals surface area contributed by atoms with Crippen molar-refractivity contribution < 1.29 is 78.7 Å². The first-order valence-corrected chi connectivity index (χ1v) is 2.28. The summed E-state index contributed by atoms with van der Waals surface area (Å²) >= 11 is -0.0833.